The van der Waals surface area contributed by atoms with Crippen molar-refractivity contribution >= 4 is 0 Å². The van der Waals surface area contributed by atoms with E-state index in [0.29, 0.717) is 6.54 Å². The summed E-state index contributed by atoms with van der Waals surface area (Å²) in [4.78, 5) is 0. The summed E-state index contributed by atoms with van der Waals surface area (Å²) in [5.74, 6) is 0.950. The summed E-state index contributed by atoms with van der Waals surface area (Å²) in [6, 6.07) is 8.07. The van der Waals surface area contributed by atoms with Gasteiger partial charge in [-0.25, -0.2) is 0 Å². The van der Waals surface area contributed by atoms with Crippen molar-refractivity contribution in [3.8, 4) is 5.75 Å². The monoisotopic (exact) mass is 263 g/mol. The van der Waals surface area contributed by atoms with E-state index in [2.05, 4.69) is 6.92 Å². The number of hydrogen-bond acceptors (Lipinski definition) is 2. The molecule has 1 aromatic carbocycles. The van der Waals surface area contributed by atoms with Crippen LogP contribution in [0.15, 0.2) is 24.3 Å². The fraction of sp³-hybridized carbons (Fsp3) is 0.647. The maximum Gasteiger partial charge on any atom is 0.119 e. The predicted octanol–water partition coefficient (Wildman–Crippen LogP) is 4.66. The summed E-state index contributed by atoms with van der Waals surface area (Å²) in [7, 11) is 0. The number of benzene rings is 1. The van der Waals surface area contributed by atoms with Crippen molar-refractivity contribution in [2.24, 2.45) is 5.73 Å². The van der Waals surface area contributed by atoms with E-state index in [-0.39, 0.29) is 0 Å². The average Bonchev–Trinajstić information content (AvgIpc) is 2.46. The van der Waals surface area contributed by atoms with Crippen LogP contribution in [0, 0.1) is 0 Å². The molecule has 0 atom stereocenters. The molecule has 0 aliphatic carbocycles. The van der Waals surface area contributed by atoms with E-state index in [1.54, 1.807) is 0 Å². The standard InChI is InChI=1S/C17H29NO/c1-2-3-4-5-6-7-8-9-13-19-17-12-10-11-16(14-17)15-18/h10-12,14H,2-9,13,15,18H2,1H3. The number of ether oxygens (including phenoxy) is 1. The highest BCUT2D eigenvalue weighted by atomic mass is 16.5. The van der Waals surface area contributed by atoms with Gasteiger partial charge in [0.25, 0.3) is 0 Å². The molecular formula is C17H29NO. The topological polar surface area (TPSA) is 35.2 Å². The van der Waals surface area contributed by atoms with Crippen molar-refractivity contribution in [1.82, 2.24) is 0 Å². The predicted molar refractivity (Wildman–Crippen MR) is 82.4 cm³/mol. The number of rotatable bonds is 11. The van der Waals surface area contributed by atoms with Gasteiger partial charge in [-0.3, -0.25) is 0 Å². The molecule has 2 N–H and O–H groups in total. The molecule has 0 aliphatic heterocycles. The Morgan fingerprint density at radius 2 is 1.63 bits per heavy atom. The summed E-state index contributed by atoms with van der Waals surface area (Å²) in [6.07, 6.45) is 10.7. The van der Waals surface area contributed by atoms with Crippen molar-refractivity contribution < 1.29 is 4.74 Å². The second kappa shape index (κ2) is 10.9. The molecular weight excluding hydrogens is 234 g/mol. The normalized spacial score (nSPS) is 10.6. The Kier molecular flexibility index (Phi) is 9.17. The van der Waals surface area contributed by atoms with E-state index < -0.39 is 0 Å². The molecule has 0 aliphatic rings. The first-order chi connectivity index (χ1) is 9.36. The first-order valence-corrected chi connectivity index (χ1v) is 7.78. The third-order valence-corrected chi connectivity index (χ3v) is 3.40. The smallest absolute Gasteiger partial charge is 0.119 e. The van der Waals surface area contributed by atoms with Crippen molar-refractivity contribution in [2.75, 3.05) is 6.61 Å². The van der Waals surface area contributed by atoms with Gasteiger partial charge in [0, 0.05) is 6.54 Å². The molecule has 0 aromatic heterocycles. The van der Waals surface area contributed by atoms with Crippen molar-refractivity contribution in [3.05, 3.63) is 29.8 Å². The average molecular weight is 263 g/mol. The van der Waals surface area contributed by atoms with Gasteiger partial charge in [0.1, 0.15) is 5.75 Å². The molecule has 1 aromatic rings. The minimum absolute atomic E-state index is 0.578. The lowest BCUT2D eigenvalue weighted by Crippen LogP contribution is -2.00. The van der Waals surface area contributed by atoms with Crippen LogP contribution in [-0.4, -0.2) is 6.61 Å². The molecule has 0 radical (unpaired) electrons. The van der Waals surface area contributed by atoms with Crippen LogP contribution < -0.4 is 10.5 Å². The molecule has 0 unspecified atom stereocenters. The molecule has 0 spiro atoms. The van der Waals surface area contributed by atoms with Gasteiger partial charge in [-0.15, -0.1) is 0 Å². The number of hydrogen-bond donors (Lipinski definition) is 1. The molecule has 0 amide bonds. The third kappa shape index (κ3) is 7.89. The van der Waals surface area contributed by atoms with Gasteiger partial charge < -0.3 is 10.5 Å². The van der Waals surface area contributed by atoms with Gasteiger partial charge in [0.05, 0.1) is 6.61 Å². The fourth-order valence-corrected chi connectivity index (χ4v) is 2.19. The molecule has 0 saturated carbocycles. The van der Waals surface area contributed by atoms with E-state index >= 15 is 0 Å². The van der Waals surface area contributed by atoms with Gasteiger partial charge in [0.15, 0.2) is 0 Å². The maximum atomic E-state index is 5.74. The van der Waals surface area contributed by atoms with Crippen LogP contribution in [0.4, 0.5) is 0 Å². The SMILES string of the molecule is CCCCCCCCCCOc1cccc(CN)c1. The second-order valence-electron chi connectivity index (χ2n) is 5.17. The van der Waals surface area contributed by atoms with E-state index in [1.165, 1.54) is 44.9 Å². The van der Waals surface area contributed by atoms with Crippen LogP contribution in [0.25, 0.3) is 0 Å². The van der Waals surface area contributed by atoms with E-state index in [1.807, 2.05) is 24.3 Å². The Balaban J connectivity index is 1.98. The maximum absolute atomic E-state index is 5.74. The van der Waals surface area contributed by atoms with Crippen LogP contribution >= 0.6 is 0 Å². The zero-order valence-electron chi connectivity index (χ0n) is 12.4. The van der Waals surface area contributed by atoms with Gasteiger partial charge in [0.2, 0.25) is 0 Å². The first-order valence-electron chi connectivity index (χ1n) is 7.78. The Morgan fingerprint density at radius 1 is 0.947 bits per heavy atom. The quantitative estimate of drug-likeness (QED) is 0.589. The first kappa shape index (κ1) is 16.0. The Morgan fingerprint density at radius 3 is 2.32 bits per heavy atom. The van der Waals surface area contributed by atoms with Gasteiger partial charge in [-0.05, 0) is 24.1 Å². The van der Waals surface area contributed by atoms with Gasteiger partial charge in [-0.1, -0.05) is 64.0 Å². The zero-order chi connectivity index (χ0) is 13.8. The van der Waals surface area contributed by atoms with Crippen LogP contribution in [-0.2, 0) is 6.54 Å². The second-order valence-corrected chi connectivity index (χ2v) is 5.17. The number of unbranched alkanes of at least 4 members (excludes halogenated alkanes) is 7. The highest BCUT2D eigenvalue weighted by molar-refractivity contribution is 5.28. The Hall–Kier alpha value is -1.02. The van der Waals surface area contributed by atoms with Crippen LogP contribution in [0.5, 0.6) is 5.75 Å². The fourth-order valence-electron chi connectivity index (χ4n) is 2.19. The lowest BCUT2D eigenvalue weighted by atomic mass is 10.1. The Bertz CT molecular complexity index is 325. The van der Waals surface area contributed by atoms with Crippen molar-refractivity contribution in [1.29, 1.82) is 0 Å². The molecule has 0 heterocycles. The third-order valence-electron chi connectivity index (χ3n) is 3.40. The van der Waals surface area contributed by atoms with Gasteiger partial charge >= 0.3 is 0 Å². The van der Waals surface area contributed by atoms with Crippen LogP contribution in [0.1, 0.15) is 63.9 Å². The molecule has 108 valence electrons. The molecule has 0 bridgehead atoms. The van der Waals surface area contributed by atoms with E-state index in [0.717, 1.165) is 24.3 Å². The van der Waals surface area contributed by atoms with E-state index in [9.17, 15) is 0 Å². The molecule has 0 fully saturated rings. The highest BCUT2D eigenvalue weighted by Gasteiger charge is 1.96. The summed E-state index contributed by atoms with van der Waals surface area (Å²) >= 11 is 0. The van der Waals surface area contributed by atoms with Crippen LogP contribution in [0.3, 0.4) is 0 Å². The van der Waals surface area contributed by atoms with Crippen molar-refractivity contribution in [3.63, 3.8) is 0 Å². The summed E-state index contributed by atoms with van der Waals surface area (Å²) in [5, 5.41) is 0. The molecule has 1 rings (SSSR count). The lowest BCUT2D eigenvalue weighted by molar-refractivity contribution is 0.304. The summed E-state index contributed by atoms with van der Waals surface area (Å²) < 4.78 is 5.74. The minimum Gasteiger partial charge on any atom is -0.494 e. The molecule has 2 heteroatoms. The lowest BCUT2D eigenvalue weighted by Gasteiger charge is -2.07. The summed E-state index contributed by atoms with van der Waals surface area (Å²) in [6.45, 7) is 3.66. The summed E-state index contributed by atoms with van der Waals surface area (Å²) in [5.41, 5.74) is 6.74. The zero-order valence-corrected chi connectivity index (χ0v) is 12.4. The molecule has 0 saturated heterocycles. The van der Waals surface area contributed by atoms with E-state index in [4.69, 9.17) is 10.5 Å². The van der Waals surface area contributed by atoms with Crippen LogP contribution in [0.2, 0.25) is 0 Å². The Labute approximate surface area is 118 Å². The highest BCUT2D eigenvalue weighted by Crippen LogP contribution is 2.14. The van der Waals surface area contributed by atoms with Crippen molar-refractivity contribution in [2.45, 2.75) is 64.8 Å². The number of nitrogens with two attached hydrogens (primary N) is 1. The molecule has 2 nitrogen and oxygen atoms in total. The molecule has 19 heavy (non-hydrogen) atoms. The minimum atomic E-state index is 0.578. The largest absolute Gasteiger partial charge is 0.494 e. The van der Waals surface area contributed by atoms with Gasteiger partial charge in [-0.2, -0.15) is 0 Å².